The standard InChI is InChI=1S/C11H15ClFNO.ClH/c1-6(2)11(15)10(14)7-3-8(12)5-9(13)4-7;/h3-6,10-11,15H,14H2,1-2H3;1H/t10-,11+;/m1./s1. The van der Waals surface area contributed by atoms with E-state index in [1.165, 1.54) is 12.1 Å². The highest BCUT2D eigenvalue weighted by molar-refractivity contribution is 6.30. The molecule has 1 aromatic rings. The molecule has 0 saturated heterocycles. The number of hydrogen-bond donors (Lipinski definition) is 2. The minimum absolute atomic E-state index is 0. The highest BCUT2D eigenvalue weighted by atomic mass is 35.5. The van der Waals surface area contributed by atoms with Gasteiger partial charge in [-0.25, -0.2) is 4.39 Å². The fourth-order valence-corrected chi connectivity index (χ4v) is 1.61. The molecule has 0 aliphatic rings. The van der Waals surface area contributed by atoms with Crippen LogP contribution in [-0.4, -0.2) is 11.2 Å². The number of halogens is 3. The second kappa shape index (κ2) is 6.40. The van der Waals surface area contributed by atoms with Crippen molar-refractivity contribution in [3.05, 3.63) is 34.6 Å². The molecule has 0 saturated carbocycles. The third-order valence-electron chi connectivity index (χ3n) is 2.32. The first-order chi connectivity index (χ1) is 6.91. The van der Waals surface area contributed by atoms with E-state index >= 15 is 0 Å². The van der Waals surface area contributed by atoms with Crippen LogP contribution in [0.4, 0.5) is 4.39 Å². The fourth-order valence-electron chi connectivity index (χ4n) is 1.38. The van der Waals surface area contributed by atoms with Crippen LogP contribution in [0.25, 0.3) is 0 Å². The zero-order valence-corrected chi connectivity index (χ0v) is 10.7. The number of nitrogens with two attached hydrogens (primary N) is 1. The number of aliphatic hydroxyl groups excluding tert-OH is 1. The van der Waals surface area contributed by atoms with Crippen molar-refractivity contribution in [2.45, 2.75) is 26.0 Å². The summed E-state index contributed by atoms with van der Waals surface area (Å²) >= 11 is 5.70. The Morgan fingerprint density at radius 3 is 2.31 bits per heavy atom. The van der Waals surface area contributed by atoms with Crippen LogP contribution in [0, 0.1) is 11.7 Å². The first kappa shape index (κ1) is 15.7. The Morgan fingerprint density at radius 1 is 1.31 bits per heavy atom. The average Bonchev–Trinajstić information content (AvgIpc) is 2.13. The molecule has 0 aromatic heterocycles. The van der Waals surface area contributed by atoms with Gasteiger partial charge in [-0.05, 0) is 29.7 Å². The molecule has 2 atom stereocenters. The number of rotatable bonds is 3. The van der Waals surface area contributed by atoms with Crippen molar-refractivity contribution in [1.29, 1.82) is 0 Å². The topological polar surface area (TPSA) is 46.2 Å². The molecule has 16 heavy (non-hydrogen) atoms. The lowest BCUT2D eigenvalue weighted by molar-refractivity contribution is 0.0978. The van der Waals surface area contributed by atoms with Crippen molar-refractivity contribution < 1.29 is 9.50 Å². The predicted octanol–water partition coefficient (Wildman–Crippen LogP) is 2.92. The molecular weight excluding hydrogens is 252 g/mol. The summed E-state index contributed by atoms with van der Waals surface area (Å²) in [7, 11) is 0. The summed E-state index contributed by atoms with van der Waals surface area (Å²) < 4.78 is 13.0. The van der Waals surface area contributed by atoms with Gasteiger partial charge in [0.1, 0.15) is 5.82 Å². The molecule has 2 nitrogen and oxygen atoms in total. The molecule has 0 spiro atoms. The monoisotopic (exact) mass is 267 g/mol. The van der Waals surface area contributed by atoms with Crippen molar-refractivity contribution in [2.75, 3.05) is 0 Å². The van der Waals surface area contributed by atoms with Gasteiger partial charge < -0.3 is 10.8 Å². The summed E-state index contributed by atoms with van der Waals surface area (Å²) in [6.45, 7) is 3.71. The summed E-state index contributed by atoms with van der Waals surface area (Å²) in [4.78, 5) is 0. The lowest BCUT2D eigenvalue weighted by Crippen LogP contribution is -2.30. The Labute approximate surface area is 106 Å². The summed E-state index contributed by atoms with van der Waals surface area (Å²) in [5.74, 6) is -0.425. The maximum Gasteiger partial charge on any atom is 0.125 e. The van der Waals surface area contributed by atoms with Gasteiger partial charge in [-0.1, -0.05) is 25.4 Å². The van der Waals surface area contributed by atoms with Gasteiger partial charge in [0.05, 0.1) is 12.1 Å². The zero-order valence-electron chi connectivity index (χ0n) is 9.15. The molecule has 0 radical (unpaired) electrons. The van der Waals surface area contributed by atoms with E-state index in [9.17, 15) is 9.50 Å². The lowest BCUT2D eigenvalue weighted by atomic mass is 9.94. The van der Waals surface area contributed by atoms with E-state index in [4.69, 9.17) is 17.3 Å². The van der Waals surface area contributed by atoms with Gasteiger partial charge in [0.15, 0.2) is 0 Å². The van der Waals surface area contributed by atoms with Gasteiger partial charge in [0.2, 0.25) is 0 Å². The van der Waals surface area contributed by atoms with Crippen LogP contribution in [0.15, 0.2) is 18.2 Å². The summed E-state index contributed by atoms with van der Waals surface area (Å²) in [5.41, 5.74) is 6.32. The van der Waals surface area contributed by atoms with E-state index < -0.39 is 18.0 Å². The molecule has 0 fully saturated rings. The Balaban J connectivity index is 0.00000225. The summed E-state index contributed by atoms with van der Waals surface area (Å²) in [6, 6.07) is 3.46. The first-order valence-electron chi connectivity index (χ1n) is 4.81. The Bertz CT molecular complexity index is 327. The van der Waals surface area contributed by atoms with E-state index in [1.54, 1.807) is 6.07 Å². The molecular formula is C11H16Cl2FNO. The molecule has 1 rings (SSSR count). The van der Waals surface area contributed by atoms with E-state index in [1.807, 2.05) is 13.8 Å². The van der Waals surface area contributed by atoms with Crippen LogP contribution in [-0.2, 0) is 0 Å². The third-order valence-corrected chi connectivity index (χ3v) is 2.54. The smallest absolute Gasteiger partial charge is 0.125 e. The number of hydrogen-bond acceptors (Lipinski definition) is 2. The van der Waals surface area contributed by atoms with Gasteiger partial charge in [-0.15, -0.1) is 12.4 Å². The summed E-state index contributed by atoms with van der Waals surface area (Å²) in [5, 5.41) is 10.0. The molecule has 0 amide bonds. The SMILES string of the molecule is CC(C)[C@H](O)[C@H](N)c1cc(F)cc(Cl)c1.Cl. The molecule has 0 aliphatic carbocycles. The largest absolute Gasteiger partial charge is 0.391 e. The maximum atomic E-state index is 13.0. The minimum Gasteiger partial charge on any atom is -0.391 e. The summed E-state index contributed by atoms with van der Waals surface area (Å²) in [6.07, 6.45) is -0.706. The van der Waals surface area contributed by atoms with Crippen molar-refractivity contribution in [3.8, 4) is 0 Å². The van der Waals surface area contributed by atoms with Crippen LogP contribution < -0.4 is 5.73 Å². The van der Waals surface area contributed by atoms with Gasteiger partial charge >= 0.3 is 0 Å². The van der Waals surface area contributed by atoms with Gasteiger partial charge in [0.25, 0.3) is 0 Å². The Morgan fingerprint density at radius 2 is 1.88 bits per heavy atom. The van der Waals surface area contributed by atoms with Gasteiger partial charge in [-0.3, -0.25) is 0 Å². The van der Waals surface area contributed by atoms with E-state index in [-0.39, 0.29) is 23.3 Å². The highest BCUT2D eigenvalue weighted by Crippen LogP contribution is 2.23. The molecule has 0 bridgehead atoms. The normalized spacial score (nSPS) is 14.4. The predicted molar refractivity (Wildman–Crippen MR) is 66.4 cm³/mol. The quantitative estimate of drug-likeness (QED) is 0.885. The van der Waals surface area contributed by atoms with Crippen LogP contribution >= 0.6 is 24.0 Å². The van der Waals surface area contributed by atoms with Crippen molar-refractivity contribution >= 4 is 24.0 Å². The lowest BCUT2D eigenvalue weighted by Gasteiger charge is -2.22. The molecule has 5 heteroatoms. The zero-order chi connectivity index (χ0) is 11.6. The molecule has 3 N–H and O–H groups in total. The van der Waals surface area contributed by atoms with Crippen LogP contribution in [0.3, 0.4) is 0 Å². The van der Waals surface area contributed by atoms with Gasteiger partial charge in [0, 0.05) is 5.02 Å². The number of benzene rings is 1. The molecule has 0 heterocycles. The van der Waals surface area contributed by atoms with Crippen molar-refractivity contribution in [2.24, 2.45) is 11.7 Å². The van der Waals surface area contributed by atoms with Crippen LogP contribution in [0.1, 0.15) is 25.5 Å². The van der Waals surface area contributed by atoms with E-state index in [0.29, 0.717) is 5.56 Å². The van der Waals surface area contributed by atoms with Crippen molar-refractivity contribution in [1.82, 2.24) is 0 Å². The number of aliphatic hydroxyl groups is 1. The highest BCUT2D eigenvalue weighted by Gasteiger charge is 2.20. The second-order valence-corrected chi connectivity index (χ2v) is 4.40. The second-order valence-electron chi connectivity index (χ2n) is 3.96. The first-order valence-corrected chi connectivity index (χ1v) is 5.19. The molecule has 0 aliphatic heterocycles. The third kappa shape index (κ3) is 3.91. The Kier molecular flexibility index (Phi) is 6.26. The Hall–Kier alpha value is -0.350. The van der Waals surface area contributed by atoms with Crippen LogP contribution in [0.2, 0.25) is 5.02 Å². The van der Waals surface area contributed by atoms with Gasteiger partial charge in [-0.2, -0.15) is 0 Å². The van der Waals surface area contributed by atoms with E-state index in [0.717, 1.165) is 0 Å². The van der Waals surface area contributed by atoms with Crippen LogP contribution in [0.5, 0.6) is 0 Å². The minimum atomic E-state index is -0.706. The molecule has 92 valence electrons. The average molecular weight is 268 g/mol. The fraction of sp³-hybridized carbons (Fsp3) is 0.455. The maximum absolute atomic E-state index is 13.0. The van der Waals surface area contributed by atoms with E-state index in [2.05, 4.69) is 0 Å². The molecule has 0 unspecified atom stereocenters. The molecule has 1 aromatic carbocycles. The van der Waals surface area contributed by atoms with Crippen molar-refractivity contribution in [3.63, 3.8) is 0 Å².